The van der Waals surface area contributed by atoms with Crippen LogP contribution < -0.4 is 10.6 Å². The van der Waals surface area contributed by atoms with Crippen molar-refractivity contribution in [2.45, 2.75) is 6.04 Å². The van der Waals surface area contributed by atoms with Crippen LogP contribution in [-0.4, -0.2) is 32.2 Å². The van der Waals surface area contributed by atoms with E-state index in [1.807, 2.05) is 18.2 Å². The van der Waals surface area contributed by atoms with E-state index < -0.39 is 24.0 Å². The van der Waals surface area contributed by atoms with Gasteiger partial charge in [0.1, 0.15) is 0 Å². The fourth-order valence-electron chi connectivity index (χ4n) is 2.91. The summed E-state index contributed by atoms with van der Waals surface area (Å²) in [7, 11) is 2.58. The van der Waals surface area contributed by atoms with Crippen molar-refractivity contribution in [3.63, 3.8) is 0 Å². The Labute approximate surface area is 156 Å². The summed E-state index contributed by atoms with van der Waals surface area (Å²) in [5.74, 6) is -1.03. The van der Waals surface area contributed by atoms with Crippen LogP contribution in [0.2, 0.25) is 0 Å². The molecule has 3 rings (SSSR count). The Morgan fingerprint density at radius 1 is 0.889 bits per heavy atom. The highest BCUT2D eigenvalue weighted by Crippen LogP contribution is 2.32. The molecule has 7 heteroatoms. The van der Waals surface area contributed by atoms with Gasteiger partial charge in [-0.05, 0) is 23.3 Å². The average molecular weight is 366 g/mol. The normalized spacial score (nSPS) is 16.2. The minimum absolute atomic E-state index is 0.272. The number of benzene rings is 2. The standard InChI is InChI=1S/C20H18N2O5/c1-26-18(23)14-10-8-13(9-11-14)17-15(19(24)27-2)16(21-20(25)22-17)12-6-4-3-5-7-12/h3-11,17H,1-2H3,(H2,21,22,25). The first kappa shape index (κ1) is 18.2. The van der Waals surface area contributed by atoms with Crippen molar-refractivity contribution >= 4 is 23.7 Å². The zero-order valence-corrected chi connectivity index (χ0v) is 14.8. The monoisotopic (exact) mass is 366 g/mol. The smallest absolute Gasteiger partial charge is 0.338 e. The molecule has 0 fully saturated rings. The molecule has 0 aliphatic carbocycles. The Bertz CT molecular complexity index is 904. The zero-order valence-electron chi connectivity index (χ0n) is 14.8. The minimum Gasteiger partial charge on any atom is -0.466 e. The number of carbonyl (C=O) groups excluding carboxylic acids is 3. The highest BCUT2D eigenvalue weighted by molar-refractivity contribution is 6.04. The molecule has 2 amide bonds. The van der Waals surface area contributed by atoms with E-state index in [2.05, 4.69) is 15.4 Å². The maximum absolute atomic E-state index is 12.5. The van der Waals surface area contributed by atoms with Crippen molar-refractivity contribution < 1.29 is 23.9 Å². The zero-order chi connectivity index (χ0) is 19.4. The number of hydrogen-bond donors (Lipinski definition) is 2. The van der Waals surface area contributed by atoms with Gasteiger partial charge in [0.25, 0.3) is 0 Å². The van der Waals surface area contributed by atoms with Crippen LogP contribution in [0.15, 0.2) is 60.2 Å². The van der Waals surface area contributed by atoms with Gasteiger partial charge < -0.3 is 20.1 Å². The van der Waals surface area contributed by atoms with E-state index in [9.17, 15) is 14.4 Å². The molecule has 27 heavy (non-hydrogen) atoms. The summed E-state index contributed by atoms with van der Waals surface area (Å²) < 4.78 is 9.63. The summed E-state index contributed by atoms with van der Waals surface area (Å²) in [4.78, 5) is 36.4. The second kappa shape index (κ2) is 7.74. The highest BCUT2D eigenvalue weighted by Gasteiger charge is 2.34. The predicted molar refractivity (Wildman–Crippen MR) is 97.6 cm³/mol. The first-order chi connectivity index (χ1) is 13.0. The topological polar surface area (TPSA) is 93.7 Å². The lowest BCUT2D eigenvalue weighted by Crippen LogP contribution is -2.45. The van der Waals surface area contributed by atoms with Gasteiger partial charge in [0.15, 0.2) is 0 Å². The summed E-state index contributed by atoms with van der Waals surface area (Å²) in [6.07, 6.45) is 0. The van der Waals surface area contributed by atoms with E-state index in [4.69, 9.17) is 4.74 Å². The van der Waals surface area contributed by atoms with Crippen LogP contribution in [0.3, 0.4) is 0 Å². The molecule has 2 N–H and O–H groups in total. The first-order valence-corrected chi connectivity index (χ1v) is 8.19. The van der Waals surface area contributed by atoms with Crippen LogP contribution in [0.5, 0.6) is 0 Å². The number of carbonyl (C=O) groups is 3. The van der Waals surface area contributed by atoms with Crippen molar-refractivity contribution in [3.8, 4) is 0 Å². The summed E-state index contributed by atoms with van der Waals surface area (Å²) in [5.41, 5.74) is 2.34. The number of nitrogens with one attached hydrogen (secondary N) is 2. The van der Waals surface area contributed by atoms with Crippen LogP contribution in [0.4, 0.5) is 4.79 Å². The fourth-order valence-corrected chi connectivity index (χ4v) is 2.91. The number of esters is 2. The Hall–Kier alpha value is -3.61. The molecule has 0 bridgehead atoms. The SMILES string of the molecule is COC(=O)C1=C(c2ccccc2)NC(=O)NC1c1ccc(C(=O)OC)cc1. The average Bonchev–Trinajstić information content (AvgIpc) is 2.72. The van der Waals surface area contributed by atoms with Crippen molar-refractivity contribution in [1.82, 2.24) is 10.6 Å². The minimum atomic E-state index is -0.729. The second-order valence-electron chi connectivity index (χ2n) is 5.79. The maximum atomic E-state index is 12.5. The van der Waals surface area contributed by atoms with Gasteiger partial charge in [-0.2, -0.15) is 0 Å². The molecule has 1 atom stereocenters. The van der Waals surface area contributed by atoms with Gasteiger partial charge in [-0.15, -0.1) is 0 Å². The largest absolute Gasteiger partial charge is 0.466 e. The molecule has 1 aliphatic rings. The molecule has 0 saturated carbocycles. The number of hydrogen-bond acceptors (Lipinski definition) is 5. The third kappa shape index (κ3) is 3.67. The van der Waals surface area contributed by atoms with Crippen LogP contribution in [0.25, 0.3) is 5.70 Å². The number of urea groups is 1. The molecule has 0 saturated heterocycles. The summed E-state index contributed by atoms with van der Waals surface area (Å²) in [5, 5.41) is 5.43. The van der Waals surface area contributed by atoms with Crippen molar-refractivity contribution in [2.75, 3.05) is 14.2 Å². The molecule has 1 heterocycles. The summed E-state index contributed by atoms with van der Waals surface area (Å²) in [6, 6.07) is 14.4. The van der Waals surface area contributed by atoms with E-state index in [0.717, 1.165) is 0 Å². The molecule has 0 radical (unpaired) electrons. The summed E-state index contributed by atoms with van der Waals surface area (Å²) in [6.45, 7) is 0. The van der Waals surface area contributed by atoms with Crippen LogP contribution in [-0.2, 0) is 14.3 Å². The lowest BCUT2D eigenvalue weighted by Gasteiger charge is -2.29. The molecule has 0 spiro atoms. The lowest BCUT2D eigenvalue weighted by molar-refractivity contribution is -0.136. The number of methoxy groups -OCH3 is 2. The molecule has 7 nitrogen and oxygen atoms in total. The number of ether oxygens (including phenoxy) is 2. The van der Waals surface area contributed by atoms with Gasteiger partial charge in [0.05, 0.1) is 37.1 Å². The van der Waals surface area contributed by atoms with Gasteiger partial charge >= 0.3 is 18.0 Å². The van der Waals surface area contributed by atoms with Crippen molar-refractivity contribution in [2.24, 2.45) is 0 Å². The van der Waals surface area contributed by atoms with Gasteiger partial charge in [0.2, 0.25) is 0 Å². The van der Waals surface area contributed by atoms with Gasteiger partial charge in [-0.3, -0.25) is 0 Å². The van der Waals surface area contributed by atoms with E-state index in [1.165, 1.54) is 14.2 Å². The van der Waals surface area contributed by atoms with Gasteiger partial charge in [-0.25, -0.2) is 14.4 Å². The van der Waals surface area contributed by atoms with Crippen LogP contribution in [0.1, 0.15) is 27.5 Å². The van der Waals surface area contributed by atoms with Crippen molar-refractivity contribution in [1.29, 1.82) is 0 Å². The van der Waals surface area contributed by atoms with Gasteiger partial charge in [-0.1, -0.05) is 42.5 Å². The molecule has 138 valence electrons. The fraction of sp³-hybridized carbons (Fsp3) is 0.150. The van der Waals surface area contributed by atoms with Crippen molar-refractivity contribution in [3.05, 3.63) is 76.9 Å². The van der Waals surface area contributed by atoms with E-state index in [-0.39, 0.29) is 5.57 Å². The quantitative estimate of drug-likeness (QED) is 0.811. The Morgan fingerprint density at radius 2 is 1.52 bits per heavy atom. The Morgan fingerprint density at radius 3 is 2.11 bits per heavy atom. The first-order valence-electron chi connectivity index (χ1n) is 8.19. The molecular weight excluding hydrogens is 348 g/mol. The number of rotatable bonds is 4. The van der Waals surface area contributed by atoms with E-state index in [1.54, 1.807) is 36.4 Å². The van der Waals surface area contributed by atoms with Crippen LogP contribution >= 0.6 is 0 Å². The maximum Gasteiger partial charge on any atom is 0.338 e. The summed E-state index contributed by atoms with van der Waals surface area (Å²) >= 11 is 0. The Kier molecular flexibility index (Phi) is 5.21. The van der Waals surface area contributed by atoms with Crippen LogP contribution in [0, 0.1) is 0 Å². The molecular formula is C20H18N2O5. The third-order valence-corrected chi connectivity index (χ3v) is 4.20. The molecule has 0 aromatic heterocycles. The highest BCUT2D eigenvalue weighted by atomic mass is 16.5. The molecule has 2 aromatic rings. The molecule has 2 aromatic carbocycles. The van der Waals surface area contributed by atoms with E-state index >= 15 is 0 Å². The third-order valence-electron chi connectivity index (χ3n) is 4.20. The lowest BCUT2D eigenvalue weighted by atomic mass is 9.92. The van der Waals surface area contributed by atoms with Gasteiger partial charge in [0, 0.05) is 0 Å². The molecule has 1 aliphatic heterocycles. The van der Waals surface area contributed by atoms with E-state index in [0.29, 0.717) is 22.4 Å². The second-order valence-corrected chi connectivity index (χ2v) is 5.79. The molecule has 1 unspecified atom stereocenters. The predicted octanol–water partition coefficient (Wildman–Crippen LogP) is 2.41. The number of amides is 2. The Balaban J connectivity index is 2.10.